The van der Waals surface area contributed by atoms with Gasteiger partial charge >= 0.3 is 5.97 Å². The lowest BCUT2D eigenvalue weighted by atomic mass is 10.3. The molecule has 0 fully saturated rings. The normalized spacial score (nSPS) is 12.7. The number of aliphatic hydroxyl groups is 1. The summed E-state index contributed by atoms with van der Waals surface area (Å²) < 4.78 is 2.11. The van der Waals surface area contributed by atoms with Gasteiger partial charge in [-0.2, -0.15) is 0 Å². The number of thiophene rings is 1. The van der Waals surface area contributed by atoms with Crippen molar-refractivity contribution >= 4 is 45.0 Å². The van der Waals surface area contributed by atoms with Crippen molar-refractivity contribution in [3.05, 3.63) is 15.9 Å². The molecule has 6 heteroatoms. The summed E-state index contributed by atoms with van der Waals surface area (Å²) in [7, 11) is 0. The molecule has 0 bridgehead atoms. The lowest BCUT2D eigenvalue weighted by Crippen LogP contribution is -2.15. The lowest BCUT2D eigenvalue weighted by molar-refractivity contribution is -0.138. The fraction of sp³-hybridized carbons (Fsp3) is 0.375. The van der Waals surface area contributed by atoms with Crippen molar-refractivity contribution in [1.29, 1.82) is 0 Å². The van der Waals surface area contributed by atoms with Crippen LogP contribution < -0.4 is 0 Å². The Bertz CT molecular complexity index is 313. The van der Waals surface area contributed by atoms with E-state index in [0.29, 0.717) is 5.75 Å². The van der Waals surface area contributed by atoms with Crippen molar-refractivity contribution in [2.75, 3.05) is 5.75 Å². The van der Waals surface area contributed by atoms with Crippen molar-refractivity contribution in [3.8, 4) is 0 Å². The topological polar surface area (TPSA) is 57.5 Å². The average molecular weight is 297 g/mol. The number of carbonyl (C=O) groups is 1. The summed E-state index contributed by atoms with van der Waals surface area (Å²) in [5, 5.41) is 17.7. The maximum Gasteiger partial charge on any atom is 0.306 e. The second-order valence-electron chi connectivity index (χ2n) is 2.62. The maximum atomic E-state index is 10.3. The van der Waals surface area contributed by atoms with Crippen LogP contribution in [0.4, 0.5) is 0 Å². The van der Waals surface area contributed by atoms with Crippen LogP contribution >= 0.6 is 39.0 Å². The van der Waals surface area contributed by atoms with Crippen molar-refractivity contribution in [2.24, 2.45) is 0 Å². The smallest absolute Gasteiger partial charge is 0.306 e. The van der Waals surface area contributed by atoms with Gasteiger partial charge in [0.25, 0.3) is 0 Å². The highest BCUT2D eigenvalue weighted by Crippen LogP contribution is 2.30. The molecule has 0 saturated carbocycles. The average Bonchev–Trinajstić information content (AvgIpc) is 2.47. The number of halogens is 1. The van der Waals surface area contributed by atoms with Crippen molar-refractivity contribution in [3.63, 3.8) is 0 Å². The van der Waals surface area contributed by atoms with E-state index in [1.54, 1.807) is 11.3 Å². The third kappa shape index (κ3) is 4.45. The minimum atomic E-state index is -0.967. The quantitative estimate of drug-likeness (QED) is 0.820. The van der Waals surface area contributed by atoms with E-state index >= 15 is 0 Å². The maximum absolute atomic E-state index is 10.3. The van der Waals surface area contributed by atoms with Crippen LogP contribution in [0.2, 0.25) is 0 Å². The van der Waals surface area contributed by atoms with Gasteiger partial charge in [-0.3, -0.25) is 4.79 Å². The fourth-order valence-electron chi connectivity index (χ4n) is 0.814. The molecule has 3 nitrogen and oxygen atoms in total. The van der Waals surface area contributed by atoms with Gasteiger partial charge in [0.2, 0.25) is 0 Å². The van der Waals surface area contributed by atoms with E-state index in [-0.39, 0.29) is 6.42 Å². The highest BCUT2D eigenvalue weighted by atomic mass is 79.9. The van der Waals surface area contributed by atoms with Gasteiger partial charge < -0.3 is 10.2 Å². The summed E-state index contributed by atoms with van der Waals surface area (Å²) in [5.41, 5.74) is 0. The lowest BCUT2D eigenvalue weighted by Gasteiger charge is -2.05. The SMILES string of the molecule is O=C(O)CC(O)CSc1ccc(Br)s1. The Morgan fingerprint density at radius 1 is 1.64 bits per heavy atom. The number of rotatable bonds is 5. The second-order valence-corrected chi connectivity index (χ2v) is 6.40. The van der Waals surface area contributed by atoms with Gasteiger partial charge in [0, 0.05) is 5.75 Å². The summed E-state index contributed by atoms with van der Waals surface area (Å²) in [4.78, 5) is 10.3. The molecular formula is C8H9BrO3S2. The largest absolute Gasteiger partial charge is 0.481 e. The molecule has 1 atom stereocenters. The Kier molecular flexibility index (Phi) is 4.94. The zero-order valence-corrected chi connectivity index (χ0v) is 10.4. The molecule has 0 aliphatic heterocycles. The molecule has 0 aromatic carbocycles. The van der Waals surface area contributed by atoms with Crippen LogP contribution in [0, 0.1) is 0 Å². The first kappa shape index (κ1) is 12.0. The van der Waals surface area contributed by atoms with Crippen LogP contribution in [0.3, 0.4) is 0 Å². The van der Waals surface area contributed by atoms with Gasteiger partial charge in [-0.05, 0) is 28.1 Å². The molecule has 78 valence electrons. The molecule has 1 aromatic rings. The van der Waals surface area contributed by atoms with E-state index in [1.165, 1.54) is 11.8 Å². The Hall–Kier alpha value is -0.0400. The summed E-state index contributed by atoms with van der Waals surface area (Å²) in [5.74, 6) is -0.551. The monoisotopic (exact) mass is 296 g/mol. The number of carboxylic acids is 1. The van der Waals surface area contributed by atoms with E-state index in [4.69, 9.17) is 5.11 Å². The van der Waals surface area contributed by atoms with Crippen LogP contribution in [0.1, 0.15) is 6.42 Å². The third-order valence-corrected chi connectivity index (χ3v) is 4.37. The van der Waals surface area contributed by atoms with Crippen molar-refractivity contribution in [1.82, 2.24) is 0 Å². The zero-order valence-electron chi connectivity index (χ0n) is 7.14. The summed E-state index contributed by atoms with van der Waals surface area (Å²) in [6, 6.07) is 3.86. The number of aliphatic hydroxyl groups excluding tert-OH is 1. The van der Waals surface area contributed by atoms with Gasteiger partial charge in [0.1, 0.15) is 0 Å². The van der Waals surface area contributed by atoms with Crippen LogP contribution in [0.15, 0.2) is 20.1 Å². The Morgan fingerprint density at radius 3 is 2.86 bits per heavy atom. The second kappa shape index (κ2) is 5.75. The molecule has 0 aliphatic rings. The molecule has 0 radical (unpaired) electrons. The molecule has 0 spiro atoms. The van der Waals surface area contributed by atoms with Crippen molar-refractivity contribution < 1.29 is 15.0 Å². The first-order valence-corrected chi connectivity index (χ1v) is 6.45. The van der Waals surface area contributed by atoms with Gasteiger partial charge in [-0.15, -0.1) is 23.1 Å². The van der Waals surface area contributed by atoms with Crippen LogP contribution in [0.25, 0.3) is 0 Å². The van der Waals surface area contributed by atoms with Crippen LogP contribution in [0.5, 0.6) is 0 Å². The first-order chi connectivity index (χ1) is 6.58. The van der Waals surface area contributed by atoms with E-state index in [0.717, 1.165) is 8.00 Å². The minimum absolute atomic E-state index is 0.195. The van der Waals surface area contributed by atoms with Gasteiger partial charge in [0.05, 0.1) is 20.5 Å². The summed E-state index contributed by atoms with van der Waals surface area (Å²) in [6.07, 6.45) is -0.974. The Balaban J connectivity index is 2.30. The molecule has 1 unspecified atom stereocenters. The molecule has 0 saturated heterocycles. The van der Waals surface area contributed by atoms with Crippen LogP contribution in [-0.4, -0.2) is 28.0 Å². The summed E-state index contributed by atoms with van der Waals surface area (Å²) >= 11 is 6.36. The van der Waals surface area contributed by atoms with Crippen molar-refractivity contribution in [2.45, 2.75) is 16.7 Å². The van der Waals surface area contributed by atoms with Gasteiger partial charge in [0.15, 0.2) is 0 Å². The van der Waals surface area contributed by atoms with E-state index < -0.39 is 12.1 Å². The predicted octanol–water partition coefficient (Wildman–Crippen LogP) is 2.44. The Morgan fingerprint density at radius 2 is 2.36 bits per heavy atom. The molecule has 2 N–H and O–H groups in total. The van der Waals surface area contributed by atoms with Crippen LogP contribution in [-0.2, 0) is 4.79 Å². The molecule has 1 aromatic heterocycles. The zero-order chi connectivity index (χ0) is 10.6. The highest BCUT2D eigenvalue weighted by Gasteiger charge is 2.10. The van der Waals surface area contributed by atoms with E-state index in [1.807, 2.05) is 12.1 Å². The number of hydrogen-bond donors (Lipinski definition) is 2. The number of thioether (sulfide) groups is 1. The number of hydrogen-bond acceptors (Lipinski definition) is 4. The van der Waals surface area contributed by atoms with E-state index in [2.05, 4.69) is 15.9 Å². The molecule has 1 rings (SSSR count). The molecule has 0 aliphatic carbocycles. The molecule has 14 heavy (non-hydrogen) atoms. The standard InChI is InChI=1S/C8H9BrO3S2/c9-6-1-2-8(14-6)13-4-5(10)3-7(11)12/h1-2,5,10H,3-4H2,(H,11,12). The first-order valence-electron chi connectivity index (χ1n) is 3.86. The minimum Gasteiger partial charge on any atom is -0.481 e. The highest BCUT2D eigenvalue weighted by molar-refractivity contribution is 9.11. The fourth-order valence-corrected chi connectivity index (χ4v) is 3.60. The third-order valence-electron chi connectivity index (χ3n) is 1.38. The summed E-state index contributed by atoms with van der Waals surface area (Å²) in [6.45, 7) is 0. The van der Waals surface area contributed by atoms with E-state index in [9.17, 15) is 9.90 Å². The number of carboxylic acid groups (broad SMARTS) is 1. The molecule has 0 amide bonds. The molecular weight excluding hydrogens is 288 g/mol. The van der Waals surface area contributed by atoms with Gasteiger partial charge in [-0.1, -0.05) is 0 Å². The molecule has 1 heterocycles. The van der Waals surface area contributed by atoms with Gasteiger partial charge in [-0.25, -0.2) is 0 Å². The predicted molar refractivity (Wildman–Crippen MR) is 61.0 cm³/mol. The number of aliphatic carboxylic acids is 1. The Labute approximate surface area is 98.3 Å².